The molecule has 26 heavy (non-hydrogen) atoms. The predicted molar refractivity (Wildman–Crippen MR) is 99.4 cm³/mol. The molecule has 0 unspecified atom stereocenters. The molecule has 2 amide bonds. The van der Waals surface area contributed by atoms with Gasteiger partial charge in [-0.25, -0.2) is 4.79 Å². The van der Waals surface area contributed by atoms with E-state index in [0.29, 0.717) is 5.02 Å². The lowest BCUT2D eigenvalue weighted by Crippen LogP contribution is -2.44. The number of carbonyl (C=O) groups is 3. The third-order valence-corrected chi connectivity index (χ3v) is 3.78. The molecule has 1 aromatic carbocycles. The minimum atomic E-state index is -1.38. The van der Waals surface area contributed by atoms with Gasteiger partial charge in [0.25, 0.3) is 0 Å². The number of benzene rings is 1. The molecular formula is C16H23Cl2N3O5. The van der Waals surface area contributed by atoms with Crippen LogP contribution in [0.1, 0.15) is 24.8 Å². The first-order valence-electron chi connectivity index (χ1n) is 7.66. The van der Waals surface area contributed by atoms with Crippen molar-refractivity contribution in [1.29, 1.82) is 0 Å². The minimum Gasteiger partial charge on any atom is -0.480 e. The molecule has 0 aliphatic rings. The second kappa shape index (κ2) is 11.7. The summed E-state index contributed by atoms with van der Waals surface area (Å²) >= 11 is 5.86. The summed E-state index contributed by atoms with van der Waals surface area (Å²) in [4.78, 5) is 34.6. The number of aliphatic hydroxyl groups excluding tert-OH is 1. The van der Waals surface area contributed by atoms with Gasteiger partial charge in [-0.15, -0.1) is 12.4 Å². The second-order valence-corrected chi connectivity index (χ2v) is 6.06. The highest BCUT2D eigenvalue weighted by molar-refractivity contribution is 6.30. The van der Waals surface area contributed by atoms with Crippen LogP contribution in [-0.4, -0.2) is 53.2 Å². The van der Waals surface area contributed by atoms with Crippen molar-refractivity contribution < 1.29 is 24.6 Å². The highest BCUT2D eigenvalue weighted by Gasteiger charge is 2.23. The molecular weight excluding hydrogens is 385 g/mol. The number of carbonyl (C=O) groups excluding carboxylic acids is 2. The third-order valence-electron chi connectivity index (χ3n) is 3.53. The molecule has 8 nitrogen and oxygen atoms in total. The average molecular weight is 408 g/mol. The van der Waals surface area contributed by atoms with E-state index in [9.17, 15) is 14.4 Å². The number of carboxylic acids is 1. The Bertz CT molecular complexity index is 610. The SMILES string of the molecule is C[C@H](N)C(=O)NC[C@H](CC(=O)N[C@@H](CO)C(=O)O)c1ccc(Cl)cc1.Cl. The van der Waals surface area contributed by atoms with Gasteiger partial charge in [0.15, 0.2) is 0 Å². The Morgan fingerprint density at radius 3 is 2.27 bits per heavy atom. The zero-order chi connectivity index (χ0) is 19.0. The van der Waals surface area contributed by atoms with Crippen molar-refractivity contribution in [2.24, 2.45) is 5.73 Å². The van der Waals surface area contributed by atoms with Crippen molar-refractivity contribution in [3.8, 4) is 0 Å². The molecule has 1 aromatic rings. The van der Waals surface area contributed by atoms with E-state index >= 15 is 0 Å². The van der Waals surface area contributed by atoms with Gasteiger partial charge >= 0.3 is 5.97 Å². The fourth-order valence-electron chi connectivity index (χ4n) is 2.09. The molecule has 3 atom stereocenters. The van der Waals surface area contributed by atoms with Crippen LogP contribution in [0.25, 0.3) is 0 Å². The maximum atomic E-state index is 12.1. The lowest BCUT2D eigenvalue weighted by Gasteiger charge is -2.20. The van der Waals surface area contributed by atoms with E-state index in [4.69, 9.17) is 27.5 Å². The van der Waals surface area contributed by atoms with E-state index < -0.39 is 36.5 Å². The Hall–Kier alpha value is -1.87. The standard InChI is InChI=1S/C16H22ClN3O5.ClH/c1-9(18)15(23)19-7-11(10-2-4-12(17)5-3-10)6-14(22)20-13(8-21)16(24)25;/h2-5,9,11,13,21H,6-8,18H2,1H3,(H,19,23)(H,20,22)(H,24,25);1H/t9-,11-,13-;/m0./s1. The lowest BCUT2D eigenvalue weighted by molar-refractivity contribution is -0.143. The first-order chi connectivity index (χ1) is 11.7. The summed E-state index contributed by atoms with van der Waals surface area (Å²) in [7, 11) is 0. The Morgan fingerprint density at radius 1 is 1.23 bits per heavy atom. The van der Waals surface area contributed by atoms with E-state index in [1.807, 2.05) is 0 Å². The molecule has 0 bridgehead atoms. The lowest BCUT2D eigenvalue weighted by atomic mass is 9.95. The largest absolute Gasteiger partial charge is 0.480 e. The monoisotopic (exact) mass is 407 g/mol. The van der Waals surface area contributed by atoms with Gasteiger partial charge in [0.1, 0.15) is 6.04 Å². The Kier molecular flexibility index (Phi) is 10.8. The van der Waals surface area contributed by atoms with Crippen molar-refractivity contribution >= 4 is 41.8 Å². The minimum absolute atomic E-state index is 0. The van der Waals surface area contributed by atoms with Crippen LogP contribution in [0.5, 0.6) is 0 Å². The van der Waals surface area contributed by atoms with Crippen LogP contribution < -0.4 is 16.4 Å². The number of amides is 2. The van der Waals surface area contributed by atoms with Crippen LogP contribution in [0.15, 0.2) is 24.3 Å². The van der Waals surface area contributed by atoms with Gasteiger partial charge in [0, 0.05) is 23.9 Å². The van der Waals surface area contributed by atoms with Gasteiger partial charge in [-0.3, -0.25) is 9.59 Å². The summed E-state index contributed by atoms with van der Waals surface area (Å²) in [5, 5.41) is 23.3. The molecule has 0 aromatic heterocycles. The van der Waals surface area contributed by atoms with Gasteiger partial charge in [-0.2, -0.15) is 0 Å². The summed E-state index contributed by atoms with van der Waals surface area (Å²) in [5.41, 5.74) is 6.25. The maximum absolute atomic E-state index is 12.1. The number of halogens is 2. The van der Waals surface area contributed by atoms with Gasteiger partial charge in [0.05, 0.1) is 12.6 Å². The van der Waals surface area contributed by atoms with E-state index in [0.717, 1.165) is 5.56 Å². The second-order valence-electron chi connectivity index (χ2n) is 5.63. The first-order valence-corrected chi connectivity index (χ1v) is 8.04. The molecule has 0 aliphatic carbocycles. The number of rotatable bonds is 9. The van der Waals surface area contributed by atoms with Crippen LogP contribution in [-0.2, 0) is 14.4 Å². The molecule has 0 saturated heterocycles. The number of aliphatic hydroxyl groups is 1. The summed E-state index contributed by atoms with van der Waals surface area (Å²) in [6.45, 7) is 0.971. The van der Waals surface area contributed by atoms with Gasteiger partial charge < -0.3 is 26.6 Å². The molecule has 10 heteroatoms. The van der Waals surface area contributed by atoms with Crippen molar-refractivity contribution in [1.82, 2.24) is 10.6 Å². The quantitative estimate of drug-likeness (QED) is 0.397. The Balaban J connectivity index is 0.00000625. The fourth-order valence-corrected chi connectivity index (χ4v) is 2.22. The van der Waals surface area contributed by atoms with Crippen molar-refractivity contribution in [2.45, 2.75) is 31.3 Å². The highest BCUT2D eigenvalue weighted by Crippen LogP contribution is 2.21. The molecule has 0 aliphatic heterocycles. The summed E-state index contributed by atoms with van der Waals surface area (Å²) < 4.78 is 0. The van der Waals surface area contributed by atoms with Crippen LogP contribution in [0.3, 0.4) is 0 Å². The molecule has 0 heterocycles. The topological polar surface area (TPSA) is 142 Å². The number of hydrogen-bond acceptors (Lipinski definition) is 5. The molecule has 0 saturated carbocycles. The van der Waals surface area contributed by atoms with Crippen LogP contribution in [0.4, 0.5) is 0 Å². The molecule has 0 spiro atoms. The smallest absolute Gasteiger partial charge is 0.328 e. The predicted octanol–water partition coefficient (Wildman–Crippen LogP) is 0.261. The van der Waals surface area contributed by atoms with Crippen molar-refractivity contribution in [3.05, 3.63) is 34.9 Å². The summed E-state index contributed by atoms with van der Waals surface area (Å²) in [6, 6.07) is 4.69. The molecule has 146 valence electrons. The molecule has 1 rings (SSSR count). The van der Waals surface area contributed by atoms with Crippen molar-refractivity contribution in [3.63, 3.8) is 0 Å². The van der Waals surface area contributed by atoms with Gasteiger partial charge in [-0.05, 0) is 24.6 Å². The number of aliphatic carboxylic acids is 1. The molecule has 0 fully saturated rings. The van der Waals surface area contributed by atoms with Crippen LogP contribution in [0, 0.1) is 0 Å². The highest BCUT2D eigenvalue weighted by atomic mass is 35.5. The van der Waals surface area contributed by atoms with Crippen molar-refractivity contribution in [2.75, 3.05) is 13.2 Å². The third kappa shape index (κ3) is 8.01. The van der Waals surface area contributed by atoms with E-state index in [1.165, 1.54) is 6.92 Å². The maximum Gasteiger partial charge on any atom is 0.328 e. The summed E-state index contributed by atoms with van der Waals surface area (Å²) in [6.07, 6.45) is -0.0787. The molecule has 0 radical (unpaired) electrons. The number of nitrogens with one attached hydrogen (secondary N) is 2. The van der Waals surface area contributed by atoms with Gasteiger partial charge in [0.2, 0.25) is 11.8 Å². The summed E-state index contributed by atoms with van der Waals surface area (Å²) in [5.74, 6) is -2.66. The number of carboxylic acid groups (broad SMARTS) is 1. The zero-order valence-corrected chi connectivity index (χ0v) is 15.7. The number of nitrogens with two attached hydrogens (primary N) is 1. The Morgan fingerprint density at radius 2 is 1.81 bits per heavy atom. The molecule has 6 N–H and O–H groups in total. The Labute approximate surface area is 162 Å². The first kappa shape index (κ1) is 24.1. The van der Waals surface area contributed by atoms with Gasteiger partial charge in [-0.1, -0.05) is 23.7 Å². The average Bonchev–Trinajstić information content (AvgIpc) is 2.56. The van der Waals surface area contributed by atoms with Crippen LogP contribution >= 0.6 is 24.0 Å². The van der Waals surface area contributed by atoms with Crippen LogP contribution in [0.2, 0.25) is 5.02 Å². The number of hydrogen-bond donors (Lipinski definition) is 5. The zero-order valence-electron chi connectivity index (χ0n) is 14.1. The normalized spacial score (nSPS) is 13.7. The van der Waals surface area contributed by atoms with E-state index in [1.54, 1.807) is 24.3 Å². The van der Waals surface area contributed by atoms with E-state index in [2.05, 4.69) is 10.6 Å². The fraction of sp³-hybridized carbons (Fsp3) is 0.438. The van der Waals surface area contributed by atoms with E-state index in [-0.39, 0.29) is 31.3 Å².